The first-order valence-corrected chi connectivity index (χ1v) is 6.35. The lowest BCUT2D eigenvalue weighted by atomic mass is 10.1. The molecule has 18 heavy (non-hydrogen) atoms. The average molecular weight is 260 g/mol. The van der Waals surface area contributed by atoms with Crippen molar-refractivity contribution >= 4 is 11.9 Å². The number of aliphatic hydroxyl groups excluding tert-OH is 2. The van der Waals surface area contributed by atoms with Crippen LogP contribution >= 0.6 is 0 Å². The van der Waals surface area contributed by atoms with Crippen molar-refractivity contribution in [3.8, 4) is 0 Å². The van der Waals surface area contributed by atoms with Crippen molar-refractivity contribution < 1.29 is 24.9 Å². The fraction of sp³-hybridized carbons (Fsp3) is 0.833. The Balaban J connectivity index is 3.61. The number of carbonyl (C=O) groups excluding carboxylic acids is 2. The predicted octanol–water partition coefficient (Wildman–Crippen LogP) is -1.07. The van der Waals surface area contributed by atoms with Crippen molar-refractivity contribution in [3.05, 3.63) is 0 Å². The highest BCUT2D eigenvalue weighted by Crippen LogP contribution is 2.04. The third-order valence-electron chi connectivity index (χ3n) is 2.64. The number of amides is 1. The summed E-state index contributed by atoms with van der Waals surface area (Å²) >= 11 is 0. The van der Waals surface area contributed by atoms with Gasteiger partial charge in [-0.25, -0.2) is 0 Å². The van der Waals surface area contributed by atoms with Gasteiger partial charge in [0.2, 0.25) is 0 Å². The number of carboxylic acid groups (broad SMARTS) is 1. The van der Waals surface area contributed by atoms with E-state index in [-0.39, 0.29) is 0 Å². The van der Waals surface area contributed by atoms with Crippen molar-refractivity contribution in [3.63, 3.8) is 0 Å². The summed E-state index contributed by atoms with van der Waals surface area (Å²) in [6.07, 6.45) is 2.20. The Hall–Kier alpha value is -1.14. The van der Waals surface area contributed by atoms with Crippen LogP contribution in [0.2, 0.25) is 0 Å². The van der Waals surface area contributed by atoms with Crippen LogP contribution in [0.4, 0.5) is 0 Å². The quantitative estimate of drug-likeness (QED) is 0.433. The van der Waals surface area contributed by atoms with E-state index in [1.807, 2.05) is 0 Å². The summed E-state index contributed by atoms with van der Waals surface area (Å²) in [5.41, 5.74) is 0. The number of hydrogen-bond acceptors (Lipinski definition) is 5. The predicted molar refractivity (Wildman–Crippen MR) is 63.4 cm³/mol. The summed E-state index contributed by atoms with van der Waals surface area (Å²) in [7, 11) is 0. The van der Waals surface area contributed by atoms with Gasteiger partial charge < -0.3 is 25.4 Å². The van der Waals surface area contributed by atoms with Gasteiger partial charge in [-0.15, -0.1) is 0 Å². The second kappa shape index (κ2) is 9.85. The Morgan fingerprint density at radius 2 is 1.61 bits per heavy atom. The minimum Gasteiger partial charge on any atom is -0.547 e. The summed E-state index contributed by atoms with van der Waals surface area (Å²) in [5, 5.41) is 30.6. The third kappa shape index (κ3) is 7.24. The van der Waals surface area contributed by atoms with Gasteiger partial charge >= 0.3 is 0 Å². The molecule has 0 aliphatic heterocycles. The first-order chi connectivity index (χ1) is 8.50. The highest BCUT2D eigenvalue weighted by molar-refractivity contribution is 5.86. The SMILES string of the molecule is CCCCCCCCNC(=O)[C@H](O)[C@@H](O)C(=O)[O-]. The highest BCUT2D eigenvalue weighted by Gasteiger charge is 2.24. The van der Waals surface area contributed by atoms with Gasteiger partial charge in [0, 0.05) is 6.54 Å². The van der Waals surface area contributed by atoms with Crippen LogP contribution in [0.1, 0.15) is 45.4 Å². The van der Waals surface area contributed by atoms with E-state index in [9.17, 15) is 14.7 Å². The fourth-order valence-electron chi connectivity index (χ4n) is 1.49. The summed E-state index contributed by atoms with van der Waals surface area (Å²) in [5.74, 6) is -2.75. The molecule has 106 valence electrons. The molecule has 0 aromatic heterocycles. The van der Waals surface area contributed by atoms with E-state index in [1.165, 1.54) is 12.8 Å². The third-order valence-corrected chi connectivity index (χ3v) is 2.64. The van der Waals surface area contributed by atoms with Gasteiger partial charge in [0.25, 0.3) is 5.91 Å². The molecule has 3 N–H and O–H groups in total. The lowest BCUT2D eigenvalue weighted by molar-refractivity contribution is -0.317. The standard InChI is InChI=1S/C12H23NO5/c1-2-3-4-5-6-7-8-13-11(16)9(14)10(15)12(17)18/h9-10,14-15H,2-8H2,1H3,(H,13,16)(H,17,18)/p-1/t9-,10-/m1/s1. The molecule has 6 heteroatoms. The van der Waals surface area contributed by atoms with Gasteiger partial charge in [0.15, 0.2) is 6.10 Å². The Morgan fingerprint density at radius 3 is 2.17 bits per heavy atom. The van der Waals surface area contributed by atoms with Crippen molar-refractivity contribution in [1.29, 1.82) is 0 Å². The molecule has 1 amide bonds. The normalized spacial score (nSPS) is 13.9. The Kier molecular flexibility index (Phi) is 9.22. The number of aliphatic carboxylic acids is 1. The molecule has 0 saturated heterocycles. The Morgan fingerprint density at radius 1 is 1.06 bits per heavy atom. The minimum absolute atomic E-state index is 0.363. The fourth-order valence-corrected chi connectivity index (χ4v) is 1.49. The van der Waals surface area contributed by atoms with Crippen LogP contribution < -0.4 is 10.4 Å². The van der Waals surface area contributed by atoms with E-state index in [2.05, 4.69) is 12.2 Å². The van der Waals surface area contributed by atoms with Gasteiger partial charge in [-0.1, -0.05) is 39.0 Å². The monoisotopic (exact) mass is 260 g/mol. The lowest BCUT2D eigenvalue weighted by Gasteiger charge is -2.17. The van der Waals surface area contributed by atoms with E-state index in [0.29, 0.717) is 6.54 Å². The molecule has 0 fully saturated rings. The topological polar surface area (TPSA) is 110 Å². The zero-order valence-corrected chi connectivity index (χ0v) is 10.7. The summed E-state index contributed by atoms with van der Waals surface area (Å²) < 4.78 is 0. The van der Waals surface area contributed by atoms with Crippen LogP contribution in [0.15, 0.2) is 0 Å². The molecule has 0 aromatic carbocycles. The molecule has 0 unspecified atom stereocenters. The molecule has 0 saturated carbocycles. The van der Waals surface area contributed by atoms with Crippen LogP contribution in [0, 0.1) is 0 Å². The number of unbranched alkanes of at least 4 members (excludes halogenated alkanes) is 5. The van der Waals surface area contributed by atoms with E-state index < -0.39 is 24.1 Å². The van der Waals surface area contributed by atoms with Crippen LogP contribution in [0.3, 0.4) is 0 Å². The molecule has 6 nitrogen and oxygen atoms in total. The highest BCUT2D eigenvalue weighted by atomic mass is 16.4. The smallest absolute Gasteiger partial charge is 0.251 e. The maximum Gasteiger partial charge on any atom is 0.251 e. The van der Waals surface area contributed by atoms with Crippen LogP contribution in [-0.2, 0) is 9.59 Å². The molecule has 2 atom stereocenters. The van der Waals surface area contributed by atoms with Crippen LogP contribution in [0.25, 0.3) is 0 Å². The summed E-state index contributed by atoms with van der Waals surface area (Å²) in [4.78, 5) is 21.4. The molecule has 0 aliphatic rings. The van der Waals surface area contributed by atoms with Gasteiger partial charge in [-0.3, -0.25) is 4.79 Å². The minimum atomic E-state index is -2.19. The largest absolute Gasteiger partial charge is 0.547 e. The molecular weight excluding hydrogens is 238 g/mol. The maximum atomic E-state index is 11.2. The summed E-state index contributed by atoms with van der Waals surface area (Å²) in [6.45, 7) is 2.49. The number of hydrogen-bond donors (Lipinski definition) is 3. The molecule has 0 rings (SSSR count). The second-order valence-corrected chi connectivity index (χ2v) is 4.27. The maximum absolute atomic E-state index is 11.2. The van der Waals surface area contributed by atoms with Gasteiger partial charge in [-0.05, 0) is 6.42 Å². The summed E-state index contributed by atoms with van der Waals surface area (Å²) in [6, 6.07) is 0. The van der Waals surface area contributed by atoms with Crippen molar-refractivity contribution in [2.75, 3.05) is 6.54 Å². The molecule has 0 aromatic rings. The van der Waals surface area contributed by atoms with E-state index in [4.69, 9.17) is 10.2 Å². The Labute approximate surface area is 107 Å². The lowest BCUT2D eigenvalue weighted by Crippen LogP contribution is -2.50. The molecule has 0 heterocycles. The number of carbonyl (C=O) groups is 2. The van der Waals surface area contributed by atoms with Crippen molar-refractivity contribution in [2.45, 2.75) is 57.7 Å². The average Bonchev–Trinajstić information content (AvgIpc) is 2.35. The molecule has 0 spiro atoms. The van der Waals surface area contributed by atoms with Crippen LogP contribution in [0.5, 0.6) is 0 Å². The van der Waals surface area contributed by atoms with Gasteiger partial charge in [0.1, 0.15) is 6.10 Å². The van der Waals surface area contributed by atoms with E-state index in [1.54, 1.807) is 0 Å². The Bertz CT molecular complexity index is 257. The van der Waals surface area contributed by atoms with Gasteiger partial charge in [0.05, 0.1) is 5.97 Å². The molecular formula is C12H22NO5-. The first kappa shape index (κ1) is 16.9. The van der Waals surface area contributed by atoms with Crippen molar-refractivity contribution in [1.82, 2.24) is 5.32 Å². The number of aliphatic hydroxyl groups is 2. The van der Waals surface area contributed by atoms with E-state index >= 15 is 0 Å². The van der Waals surface area contributed by atoms with Crippen molar-refractivity contribution in [2.24, 2.45) is 0 Å². The second-order valence-electron chi connectivity index (χ2n) is 4.27. The number of nitrogens with one attached hydrogen (secondary N) is 1. The zero-order chi connectivity index (χ0) is 14.0. The molecule has 0 radical (unpaired) electrons. The molecule has 0 bridgehead atoms. The number of rotatable bonds is 10. The van der Waals surface area contributed by atoms with Crippen LogP contribution in [-0.4, -0.2) is 40.8 Å². The van der Waals surface area contributed by atoms with E-state index in [0.717, 1.165) is 25.7 Å². The van der Waals surface area contributed by atoms with Gasteiger partial charge in [-0.2, -0.15) is 0 Å². The first-order valence-electron chi connectivity index (χ1n) is 6.35. The molecule has 0 aliphatic carbocycles. The number of carboxylic acids is 1. The zero-order valence-electron chi connectivity index (χ0n) is 10.7.